The molecule has 1 spiro atoms. The highest BCUT2D eigenvalue weighted by atomic mass is 32.2. The van der Waals surface area contributed by atoms with E-state index in [0.717, 1.165) is 23.3 Å². The number of hydrogen-bond acceptors (Lipinski definition) is 4. The molecule has 0 radical (unpaired) electrons. The Balaban J connectivity index is 1.57. The van der Waals surface area contributed by atoms with Gasteiger partial charge in [0, 0.05) is 16.9 Å². The predicted octanol–water partition coefficient (Wildman–Crippen LogP) is 2.85. The summed E-state index contributed by atoms with van der Waals surface area (Å²) in [6.45, 7) is 4.18. The second kappa shape index (κ2) is 5.84. The van der Waals surface area contributed by atoms with Gasteiger partial charge >= 0.3 is 0 Å². The molecule has 2 aromatic carbocycles. The fraction of sp³-hybridized carbons (Fsp3) is 0.350. The third-order valence-corrected chi connectivity index (χ3v) is 6.98. The highest BCUT2D eigenvalue weighted by molar-refractivity contribution is 7.90. The van der Waals surface area contributed by atoms with Crippen molar-refractivity contribution in [2.24, 2.45) is 5.92 Å². The van der Waals surface area contributed by atoms with E-state index in [0.29, 0.717) is 18.6 Å². The molecule has 0 saturated heterocycles. The van der Waals surface area contributed by atoms with Gasteiger partial charge < -0.3 is 4.74 Å². The largest absolute Gasteiger partial charge is 0.493 e. The van der Waals surface area contributed by atoms with E-state index < -0.39 is 15.9 Å². The van der Waals surface area contributed by atoms with Crippen LogP contribution in [0.2, 0.25) is 0 Å². The van der Waals surface area contributed by atoms with Crippen molar-refractivity contribution in [3.8, 4) is 5.75 Å². The van der Waals surface area contributed by atoms with Gasteiger partial charge in [-0.2, -0.15) is 0 Å². The summed E-state index contributed by atoms with van der Waals surface area (Å²) < 4.78 is 33.3. The second-order valence-electron chi connectivity index (χ2n) is 7.25. The zero-order valence-electron chi connectivity index (χ0n) is 14.8. The summed E-state index contributed by atoms with van der Waals surface area (Å²) in [5.41, 5.74) is 2.33. The van der Waals surface area contributed by atoms with E-state index in [1.165, 1.54) is 0 Å². The number of benzene rings is 2. The van der Waals surface area contributed by atoms with Crippen molar-refractivity contribution in [3.63, 3.8) is 0 Å². The molecule has 1 heterocycles. The molecule has 1 N–H and O–H groups in total. The molecule has 1 amide bonds. The highest BCUT2D eigenvalue weighted by Crippen LogP contribution is 2.60. The summed E-state index contributed by atoms with van der Waals surface area (Å²) >= 11 is 0. The topological polar surface area (TPSA) is 72.5 Å². The molecule has 1 aliphatic heterocycles. The summed E-state index contributed by atoms with van der Waals surface area (Å²) in [6, 6.07) is 12.8. The lowest BCUT2D eigenvalue weighted by Crippen LogP contribution is -2.35. The van der Waals surface area contributed by atoms with E-state index in [1.54, 1.807) is 25.1 Å². The van der Waals surface area contributed by atoms with Crippen molar-refractivity contribution >= 4 is 15.9 Å². The van der Waals surface area contributed by atoms with E-state index in [2.05, 4.69) is 4.72 Å². The lowest BCUT2D eigenvalue weighted by Gasteiger charge is -2.26. The van der Waals surface area contributed by atoms with E-state index in [9.17, 15) is 13.2 Å². The van der Waals surface area contributed by atoms with Crippen molar-refractivity contribution in [1.82, 2.24) is 4.72 Å². The molecule has 2 atom stereocenters. The summed E-state index contributed by atoms with van der Waals surface area (Å²) in [4.78, 5) is 12.9. The Kier molecular flexibility index (Phi) is 3.84. The molecule has 2 aromatic rings. The molecule has 1 saturated carbocycles. The van der Waals surface area contributed by atoms with Crippen LogP contribution in [0.3, 0.4) is 0 Å². The number of para-hydroxylation sites is 1. The minimum Gasteiger partial charge on any atom is -0.493 e. The molecule has 1 fully saturated rings. The number of ether oxygens (including phenoxy) is 1. The van der Waals surface area contributed by atoms with Crippen LogP contribution < -0.4 is 9.46 Å². The van der Waals surface area contributed by atoms with Crippen LogP contribution in [0, 0.1) is 19.8 Å². The quantitative estimate of drug-likeness (QED) is 0.900. The number of hydrogen-bond donors (Lipinski definition) is 1. The van der Waals surface area contributed by atoms with Crippen LogP contribution in [0.1, 0.15) is 29.5 Å². The third kappa shape index (κ3) is 2.69. The second-order valence-corrected chi connectivity index (χ2v) is 8.90. The van der Waals surface area contributed by atoms with Crippen LogP contribution in [0.4, 0.5) is 0 Å². The van der Waals surface area contributed by atoms with Gasteiger partial charge in [-0.25, -0.2) is 13.1 Å². The first-order valence-electron chi connectivity index (χ1n) is 8.70. The molecule has 0 bridgehead atoms. The summed E-state index contributed by atoms with van der Waals surface area (Å²) in [5, 5.41) is 0. The van der Waals surface area contributed by atoms with Gasteiger partial charge in [-0.15, -0.1) is 0 Å². The molecule has 0 unspecified atom stereocenters. The maximum Gasteiger partial charge on any atom is 0.264 e. The van der Waals surface area contributed by atoms with Gasteiger partial charge in [-0.1, -0.05) is 35.9 Å². The SMILES string of the molecule is Cc1ccc(S(=O)(=O)NC(=O)[C@@H]2C[C@]23CCOc2ccccc23)c(C)c1. The molecule has 4 rings (SSSR count). The van der Waals surface area contributed by atoms with Crippen molar-refractivity contribution in [2.45, 2.75) is 37.0 Å². The first-order chi connectivity index (χ1) is 12.3. The fourth-order valence-electron chi connectivity index (χ4n) is 4.06. The minimum atomic E-state index is -3.88. The monoisotopic (exact) mass is 371 g/mol. The van der Waals surface area contributed by atoms with Crippen molar-refractivity contribution in [2.75, 3.05) is 6.61 Å². The lowest BCUT2D eigenvalue weighted by atomic mass is 9.87. The average Bonchev–Trinajstić information content (AvgIpc) is 3.29. The smallest absolute Gasteiger partial charge is 0.264 e. The molecular formula is C20H21NO4S. The Labute approximate surface area is 153 Å². The van der Waals surface area contributed by atoms with Gasteiger partial charge in [-0.3, -0.25) is 4.79 Å². The zero-order valence-corrected chi connectivity index (χ0v) is 15.6. The van der Waals surface area contributed by atoms with Crippen LogP contribution in [0.15, 0.2) is 47.4 Å². The van der Waals surface area contributed by atoms with Gasteiger partial charge in [0.05, 0.1) is 11.5 Å². The van der Waals surface area contributed by atoms with Crippen molar-refractivity contribution in [3.05, 3.63) is 59.2 Å². The van der Waals surface area contributed by atoms with Crippen molar-refractivity contribution < 1.29 is 17.9 Å². The normalized spacial score (nSPS) is 23.8. The summed E-state index contributed by atoms with van der Waals surface area (Å²) in [5.74, 6) is 0.0287. The van der Waals surface area contributed by atoms with Gasteiger partial charge in [-0.05, 0) is 44.4 Å². The Morgan fingerprint density at radius 2 is 1.96 bits per heavy atom. The Morgan fingerprint density at radius 3 is 2.73 bits per heavy atom. The van der Waals surface area contributed by atoms with Crippen LogP contribution in [0.5, 0.6) is 5.75 Å². The van der Waals surface area contributed by atoms with E-state index >= 15 is 0 Å². The highest BCUT2D eigenvalue weighted by Gasteiger charge is 2.61. The number of fused-ring (bicyclic) bond motifs is 2. The first-order valence-corrected chi connectivity index (χ1v) is 10.2. The number of nitrogens with one attached hydrogen (secondary N) is 1. The number of carbonyl (C=O) groups excluding carboxylic acids is 1. The first kappa shape index (κ1) is 17.1. The number of amides is 1. The average molecular weight is 371 g/mol. The maximum atomic E-state index is 12.7. The van der Waals surface area contributed by atoms with Crippen LogP contribution in [0.25, 0.3) is 0 Å². The molecule has 5 nitrogen and oxygen atoms in total. The van der Waals surface area contributed by atoms with E-state index in [4.69, 9.17) is 4.74 Å². The molecule has 26 heavy (non-hydrogen) atoms. The predicted molar refractivity (Wildman–Crippen MR) is 97.6 cm³/mol. The maximum absolute atomic E-state index is 12.7. The van der Waals surface area contributed by atoms with Crippen LogP contribution >= 0.6 is 0 Å². The summed E-state index contributed by atoms with van der Waals surface area (Å²) in [7, 11) is -3.88. The molecule has 0 aromatic heterocycles. The van der Waals surface area contributed by atoms with Crippen LogP contribution in [-0.2, 0) is 20.2 Å². The van der Waals surface area contributed by atoms with Crippen LogP contribution in [-0.4, -0.2) is 20.9 Å². The van der Waals surface area contributed by atoms with Gasteiger partial charge in [0.2, 0.25) is 5.91 Å². The van der Waals surface area contributed by atoms with E-state index in [-0.39, 0.29) is 16.2 Å². The number of carbonyl (C=O) groups is 1. The van der Waals surface area contributed by atoms with Gasteiger partial charge in [0.15, 0.2) is 0 Å². The number of aryl methyl sites for hydroxylation is 2. The zero-order chi connectivity index (χ0) is 18.5. The van der Waals surface area contributed by atoms with Gasteiger partial charge in [0.1, 0.15) is 5.75 Å². The van der Waals surface area contributed by atoms with E-state index in [1.807, 2.05) is 31.2 Å². The molecule has 6 heteroatoms. The number of sulfonamides is 1. The summed E-state index contributed by atoms with van der Waals surface area (Å²) in [6.07, 6.45) is 1.38. The number of rotatable bonds is 3. The Hall–Kier alpha value is -2.34. The Bertz CT molecular complexity index is 999. The molecule has 136 valence electrons. The standard InChI is InChI=1S/C20H21NO4S/c1-13-7-8-18(14(2)11-13)26(23,24)21-19(22)16-12-20(16)9-10-25-17-6-4-3-5-15(17)20/h3-8,11,16H,9-10,12H2,1-2H3,(H,21,22)/t16-,20-/m0/s1. The lowest BCUT2D eigenvalue weighted by molar-refractivity contribution is -0.121. The fourth-order valence-corrected chi connectivity index (χ4v) is 5.31. The van der Waals surface area contributed by atoms with Crippen molar-refractivity contribution in [1.29, 1.82) is 0 Å². The Morgan fingerprint density at radius 1 is 1.19 bits per heavy atom. The molecule has 2 aliphatic rings. The molecule has 1 aliphatic carbocycles. The minimum absolute atomic E-state index is 0.151. The van der Waals surface area contributed by atoms with Gasteiger partial charge in [0.25, 0.3) is 10.0 Å². The molecular weight excluding hydrogens is 350 g/mol. The third-order valence-electron chi connectivity index (χ3n) is 5.48.